The summed E-state index contributed by atoms with van der Waals surface area (Å²) in [6.45, 7) is 3.78. The van der Waals surface area contributed by atoms with Gasteiger partial charge in [-0.1, -0.05) is 18.2 Å². The Balaban J connectivity index is 1.48. The zero-order chi connectivity index (χ0) is 19.9. The molecule has 0 aromatic carbocycles. The van der Waals surface area contributed by atoms with Gasteiger partial charge in [0, 0.05) is 42.4 Å². The van der Waals surface area contributed by atoms with Crippen molar-refractivity contribution in [2.24, 2.45) is 0 Å². The molecule has 0 saturated heterocycles. The number of allylic oxidation sites excluding steroid dienone is 1. The number of rotatable bonds is 11. The molecule has 1 saturated carbocycles. The Kier molecular flexibility index (Phi) is 7.30. The monoisotopic (exact) mass is 450 g/mol. The maximum atomic E-state index is 13.0. The van der Waals surface area contributed by atoms with Crippen LogP contribution >= 0.6 is 15.9 Å². The smallest absolute Gasteiger partial charge is 0.227 e. The van der Waals surface area contributed by atoms with E-state index in [4.69, 9.17) is 4.52 Å². The molecule has 2 heterocycles. The molecule has 1 aliphatic carbocycles. The molecule has 0 aliphatic heterocycles. The normalized spacial score (nSPS) is 13.5. The molecule has 0 radical (unpaired) electrons. The number of carbonyl (C=O) groups is 1. The van der Waals surface area contributed by atoms with Crippen LogP contribution in [0.1, 0.15) is 62.6 Å². The van der Waals surface area contributed by atoms with Crippen molar-refractivity contribution in [3.05, 3.63) is 47.1 Å². The van der Waals surface area contributed by atoms with E-state index >= 15 is 0 Å². The Labute approximate surface area is 172 Å². The molecular weight excluding hydrogens is 427 g/mol. The number of aromatic nitrogens is 3. The molecular formula is C20H24BrFN4O2. The summed E-state index contributed by atoms with van der Waals surface area (Å²) in [6, 6.07) is 1.84. The molecule has 28 heavy (non-hydrogen) atoms. The number of anilines is 1. The second-order valence-corrected chi connectivity index (χ2v) is 7.97. The Morgan fingerprint density at radius 3 is 2.82 bits per heavy atom. The van der Waals surface area contributed by atoms with Crippen LogP contribution in [0.4, 0.5) is 10.1 Å². The van der Waals surface area contributed by atoms with E-state index in [0.29, 0.717) is 24.0 Å². The number of hydrogen-bond acceptors (Lipinski definition) is 5. The van der Waals surface area contributed by atoms with Crippen LogP contribution in [0.5, 0.6) is 0 Å². The highest BCUT2D eigenvalue weighted by Crippen LogP contribution is 2.38. The first kappa shape index (κ1) is 20.6. The maximum Gasteiger partial charge on any atom is 0.227 e. The molecule has 3 rings (SSSR count). The number of unbranched alkanes of at least 4 members (excludes halogenated alkanes) is 2. The fourth-order valence-corrected chi connectivity index (χ4v) is 3.28. The number of aryl methyl sites for hydroxylation is 1. The van der Waals surface area contributed by atoms with Crippen LogP contribution in [0.2, 0.25) is 0 Å². The Morgan fingerprint density at radius 1 is 1.29 bits per heavy atom. The number of pyridine rings is 1. The summed E-state index contributed by atoms with van der Waals surface area (Å²) in [6.07, 6.45) is 9.14. The maximum absolute atomic E-state index is 13.0. The second kappa shape index (κ2) is 9.91. The number of nitrogens with zero attached hydrogens (tertiary/aromatic N) is 4. The number of halogens is 2. The van der Waals surface area contributed by atoms with E-state index < -0.39 is 5.83 Å². The highest BCUT2D eigenvalue weighted by atomic mass is 79.9. The van der Waals surface area contributed by atoms with Crippen molar-refractivity contribution in [2.75, 3.05) is 11.4 Å². The average Bonchev–Trinajstić information content (AvgIpc) is 3.41. The highest BCUT2D eigenvalue weighted by Gasteiger charge is 2.28. The van der Waals surface area contributed by atoms with Gasteiger partial charge in [-0.2, -0.15) is 4.98 Å². The predicted molar refractivity (Wildman–Crippen MR) is 108 cm³/mol. The summed E-state index contributed by atoms with van der Waals surface area (Å²) < 4.78 is 19.0. The summed E-state index contributed by atoms with van der Waals surface area (Å²) in [5, 5.41) is 4.02. The van der Waals surface area contributed by atoms with Gasteiger partial charge in [-0.15, -0.1) is 0 Å². The van der Waals surface area contributed by atoms with E-state index in [9.17, 15) is 9.18 Å². The van der Waals surface area contributed by atoms with Crippen LogP contribution in [0.25, 0.3) is 0 Å². The Morgan fingerprint density at radius 2 is 2.11 bits per heavy atom. The van der Waals surface area contributed by atoms with Gasteiger partial charge in [0.25, 0.3) is 0 Å². The Hall–Kier alpha value is -2.09. The van der Waals surface area contributed by atoms with Gasteiger partial charge in [0.15, 0.2) is 5.82 Å². The van der Waals surface area contributed by atoms with E-state index in [1.54, 1.807) is 17.3 Å². The largest absolute Gasteiger partial charge is 0.339 e. The topological polar surface area (TPSA) is 72.1 Å². The second-order valence-electron chi connectivity index (χ2n) is 7.06. The quantitative estimate of drug-likeness (QED) is 0.444. The van der Waals surface area contributed by atoms with Gasteiger partial charge in [-0.3, -0.25) is 9.78 Å². The SMILES string of the molecule is C=C(F)CCC(=O)N(CCCCCc1nc(C2CC2)no1)c1cncc(Br)c1. The third kappa shape index (κ3) is 6.22. The fourth-order valence-electron chi connectivity index (χ4n) is 2.92. The molecule has 1 fully saturated rings. The summed E-state index contributed by atoms with van der Waals surface area (Å²) >= 11 is 3.38. The molecule has 8 heteroatoms. The van der Waals surface area contributed by atoms with Crippen LogP contribution in [0.3, 0.4) is 0 Å². The lowest BCUT2D eigenvalue weighted by molar-refractivity contribution is -0.118. The van der Waals surface area contributed by atoms with E-state index in [2.05, 4.69) is 37.6 Å². The first-order valence-electron chi connectivity index (χ1n) is 9.59. The summed E-state index contributed by atoms with van der Waals surface area (Å²) in [5.41, 5.74) is 0.704. The van der Waals surface area contributed by atoms with Crippen molar-refractivity contribution < 1.29 is 13.7 Å². The minimum atomic E-state index is -0.481. The van der Waals surface area contributed by atoms with Gasteiger partial charge in [0.1, 0.15) is 0 Å². The molecule has 0 spiro atoms. The minimum absolute atomic E-state index is 0.0389. The van der Waals surface area contributed by atoms with Crippen LogP contribution in [0, 0.1) is 0 Å². The predicted octanol–water partition coefficient (Wildman–Crippen LogP) is 5.11. The number of hydrogen-bond donors (Lipinski definition) is 0. The number of carbonyl (C=O) groups excluding carboxylic acids is 1. The first-order chi connectivity index (χ1) is 13.5. The number of amides is 1. The average molecular weight is 451 g/mol. The van der Waals surface area contributed by atoms with Crippen molar-refractivity contribution in [1.82, 2.24) is 15.1 Å². The van der Waals surface area contributed by atoms with Gasteiger partial charge in [-0.05, 0) is 47.7 Å². The van der Waals surface area contributed by atoms with Crippen molar-refractivity contribution in [3.63, 3.8) is 0 Å². The van der Waals surface area contributed by atoms with E-state index in [-0.39, 0.29) is 18.7 Å². The zero-order valence-electron chi connectivity index (χ0n) is 15.7. The summed E-state index contributed by atoms with van der Waals surface area (Å²) in [4.78, 5) is 22.8. The standard InChI is InChI=1S/C20H24BrFN4O2/c1-14(22)6-9-19(27)26(17-11-16(21)12-23-13-17)10-4-2-3-5-18-24-20(25-28-18)15-7-8-15/h11-13,15H,1-10H2. The Bertz CT molecular complexity index is 822. The molecule has 2 aromatic rings. The molecule has 0 atom stereocenters. The minimum Gasteiger partial charge on any atom is -0.339 e. The van der Waals surface area contributed by atoms with Crippen LogP contribution in [-0.2, 0) is 11.2 Å². The lowest BCUT2D eigenvalue weighted by atomic mass is 10.1. The van der Waals surface area contributed by atoms with Crippen molar-refractivity contribution in [3.8, 4) is 0 Å². The van der Waals surface area contributed by atoms with Gasteiger partial charge >= 0.3 is 0 Å². The third-order valence-corrected chi connectivity index (χ3v) is 5.05. The summed E-state index contributed by atoms with van der Waals surface area (Å²) in [5.74, 6) is 1.41. The van der Waals surface area contributed by atoms with Gasteiger partial charge in [0.05, 0.1) is 17.7 Å². The van der Waals surface area contributed by atoms with Crippen molar-refractivity contribution in [2.45, 2.75) is 57.3 Å². The van der Waals surface area contributed by atoms with Crippen LogP contribution in [-0.4, -0.2) is 27.6 Å². The first-order valence-corrected chi connectivity index (χ1v) is 10.4. The van der Waals surface area contributed by atoms with Crippen LogP contribution in [0.15, 0.2) is 39.9 Å². The molecule has 0 N–H and O–H groups in total. The van der Waals surface area contributed by atoms with Gasteiger partial charge in [-0.25, -0.2) is 4.39 Å². The van der Waals surface area contributed by atoms with Crippen molar-refractivity contribution >= 4 is 27.5 Å². The van der Waals surface area contributed by atoms with Gasteiger partial charge in [0.2, 0.25) is 11.8 Å². The van der Waals surface area contributed by atoms with E-state index in [1.165, 1.54) is 0 Å². The molecule has 150 valence electrons. The third-order valence-electron chi connectivity index (χ3n) is 4.61. The molecule has 6 nitrogen and oxygen atoms in total. The molecule has 1 amide bonds. The van der Waals surface area contributed by atoms with Crippen molar-refractivity contribution in [1.29, 1.82) is 0 Å². The van der Waals surface area contributed by atoms with Gasteiger partial charge < -0.3 is 9.42 Å². The highest BCUT2D eigenvalue weighted by molar-refractivity contribution is 9.10. The van der Waals surface area contributed by atoms with E-state index in [0.717, 1.165) is 48.8 Å². The molecule has 1 aliphatic rings. The van der Waals surface area contributed by atoms with E-state index in [1.807, 2.05) is 6.07 Å². The lowest BCUT2D eigenvalue weighted by Gasteiger charge is -2.22. The molecule has 0 bridgehead atoms. The summed E-state index contributed by atoms with van der Waals surface area (Å²) in [7, 11) is 0. The lowest BCUT2D eigenvalue weighted by Crippen LogP contribution is -2.31. The van der Waals surface area contributed by atoms with Crippen LogP contribution < -0.4 is 4.90 Å². The zero-order valence-corrected chi connectivity index (χ0v) is 17.3. The fraction of sp³-hybridized carbons (Fsp3) is 0.500. The molecule has 2 aromatic heterocycles. The molecule has 0 unspecified atom stereocenters.